The van der Waals surface area contributed by atoms with E-state index in [1.54, 1.807) is 12.7 Å². The van der Waals surface area contributed by atoms with Crippen LogP contribution in [0.1, 0.15) is 17.7 Å². The van der Waals surface area contributed by atoms with Gasteiger partial charge in [0.05, 0.1) is 18.6 Å². The summed E-state index contributed by atoms with van der Waals surface area (Å²) in [7, 11) is 0. The molecule has 22 heavy (non-hydrogen) atoms. The van der Waals surface area contributed by atoms with Crippen LogP contribution < -0.4 is 5.73 Å². The zero-order chi connectivity index (χ0) is 15.5. The maximum atomic E-state index is 6.24. The predicted molar refractivity (Wildman–Crippen MR) is 87.4 cm³/mol. The second kappa shape index (κ2) is 6.60. The van der Waals surface area contributed by atoms with Crippen LogP contribution in [-0.2, 0) is 13.0 Å². The van der Waals surface area contributed by atoms with Crippen molar-refractivity contribution in [3.63, 3.8) is 0 Å². The van der Waals surface area contributed by atoms with Crippen LogP contribution in [0.2, 0.25) is 10.0 Å². The quantitative estimate of drug-likeness (QED) is 0.778. The lowest BCUT2D eigenvalue weighted by Gasteiger charge is -2.14. The molecule has 2 heterocycles. The van der Waals surface area contributed by atoms with E-state index in [-0.39, 0.29) is 0 Å². The molecule has 1 aromatic rings. The van der Waals surface area contributed by atoms with Crippen molar-refractivity contribution in [3.05, 3.63) is 52.2 Å². The minimum Gasteiger partial charge on any atom is -0.330 e. The van der Waals surface area contributed by atoms with Gasteiger partial charge < -0.3 is 10.3 Å². The molecule has 0 aromatic heterocycles. The van der Waals surface area contributed by atoms with Gasteiger partial charge in [0, 0.05) is 15.6 Å². The molecule has 0 spiro atoms. The van der Waals surface area contributed by atoms with E-state index in [0.29, 0.717) is 23.1 Å². The number of hydrogen-bond acceptors (Lipinski definition) is 4. The lowest BCUT2D eigenvalue weighted by Crippen LogP contribution is -2.11. The number of benzene rings is 1. The molecule has 1 aromatic carbocycles. The first-order valence-corrected chi connectivity index (χ1v) is 7.74. The highest BCUT2D eigenvalue weighted by molar-refractivity contribution is 6.35. The molecule has 2 N–H and O–H groups in total. The molecule has 0 amide bonds. The van der Waals surface area contributed by atoms with Crippen molar-refractivity contribution in [2.75, 3.05) is 6.54 Å². The van der Waals surface area contributed by atoms with Crippen molar-refractivity contribution >= 4 is 23.2 Å². The molecule has 0 saturated carbocycles. The van der Waals surface area contributed by atoms with Crippen LogP contribution in [0.15, 0.2) is 30.9 Å². The SMILES string of the molecule is NCCCc1ncn(Cc2c(Cl)cccc2Cl)c2ncnc1-2. The summed E-state index contributed by atoms with van der Waals surface area (Å²) in [5, 5.41) is 1.25. The van der Waals surface area contributed by atoms with E-state index < -0.39 is 0 Å². The minimum atomic E-state index is 0.498. The molecule has 0 radical (unpaired) electrons. The van der Waals surface area contributed by atoms with E-state index >= 15 is 0 Å². The summed E-state index contributed by atoms with van der Waals surface area (Å²) >= 11 is 12.5. The normalized spacial score (nSPS) is 11.2. The Labute approximate surface area is 138 Å². The zero-order valence-corrected chi connectivity index (χ0v) is 13.3. The summed E-state index contributed by atoms with van der Waals surface area (Å²) in [4.78, 5) is 13.1. The minimum absolute atomic E-state index is 0.498. The van der Waals surface area contributed by atoms with E-state index in [4.69, 9.17) is 28.9 Å². The third-order valence-electron chi connectivity index (χ3n) is 3.48. The molecule has 2 aliphatic rings. The van der Waals surface area contributed by atoms with Gasteiger partial charge >= 0.3 is 0 Å². The molecule has 2 aliphatic heterocycles. The molecule has 5 nitrogen and oxygen atoms in total. The van der Waals surface area contributed by atoms with E-state index in [9.17, 15) is 0 Å². The van der Waals surface area contributed by atoms with Gasteiger partial charge in [-0.3, -0.25) is 0 Å². The van der Waals surface area contributed by atoms with Crippen molar-refractivity contribution in [2.24, 2.45) is 5.73 Å². The largest absolute Gasteiger partial charge is 0.330 e. The average molecular weight is 336 g/mol. The number of hydrogen-bond donors (Lipinski definition) is 1. The highest BCUT2D eigenvalue weighted by Gasteiger charge is 2.17. The van der Waals surface area contributed by atoms with Gasteiger partial charge in [-0.05, 0) is 31.5 Å². The monoisotopic (exact) mass is 335 g/mol. The summed E-state index contributed by atoms with van der Waals surface area (Å²) in [6.07, 6.45) is 4.96. The molecule has 0 fully saturated rings. The topological polar surface area (TPSA) is 69.6 Å². The van der Waals surface area contributed by atoms with Gasteiger partial charge in [0.1, 0.15) is 12.0 Å². The summed E-state index contributed by atoms with van der Waals surface area (Å²) in [6.45, 7) is 1.12. The van der Waals surface area contributed by atoms with Crippen molar-refractivity contribution in [1.82, 2.24) is 19.5 Å². The van der Waals surface area contributed by atoms with Crippen molar-refractivity contribution in [2.45, 2.75) is 19.4 Å². The van der Waals surface area contributed by atoms with Gasteiger partial charge in [0.25, 0.3) is 0 Å². The fourth-order valence-electron chi connectivity index (χ4n) is 2.35. The maximum Gasteiger partial charge on any atom is 0.163 e. The van der Waals surface area contributed by atoms with Gasteiger partial charge in [0.15, 0.2) is 5.82 Å². The fraction of sp³-hybridized carbons (Fsp3) is 0.267. The number of aryl methyl sites for hydroxylation is 1. The van der Waals surface area contributed by atoms with E-state index in [2.05, 4.69) is 15.0 Å². The lowest BCUT2D eigenvalue weighted by molar-refractivity contribution is 0.732. The van der Waals surface area contributed by atoms with Crippen LogP contribution in [0.25, 0.3) is 11.5 Å². The molecule has 7 heteroatoms. The van der Waals surface area contributed by atoms with E-state index in [1.165, 1.54) is 0 Å². The number of aromatic nitrogens is 4. The summed E-state index contributed by atoms with van der Waals surface area (Å²) < 4.78 is 1.90. The van der Waals surface area contributed by atoms with Gasteiger partial charge in [-0.25, -0.2) is 15.0 Å². The Morgan fingerprint density at radius 3 is 2.59 bits per heavy atom. The Balaban J connectivity index is 1.97. The first-order chi connectivity index (χ1) is 10.7. The van der Waals surface area contributed by atoms with Crippen molar-refractivity contribution in [1.29, 1.82) is 0 Å². The van der Waals surface area contributed by atoms with E-state index in [0.717, 1.165) is 35.6 Å². The maximum absolute atomic E-state index is 6.24. The number of nitrogens with two attached hydrogens (primary N) is 1. The van der Waals surface area contributed by atoms with Gasteiger partial charge in [-0.1, -0.05) is 29.3 Å². The molecule has 0 saturated heterocycles. The Kier molecular flexibility index (Phi) is 4.57. The molecule has 0 bridgehead atoms. The van der Waals surface area contributed by atoms with Crippen LogP contribution in [0.5, 0.6) is 0 Å². The van der Waals surface area contributed by atoms with Crippen molar-refractivity contribution in [3.8, 4) is 11.5 Å². The zero-order valence-electron chi connectivity index (χ0n) is 11.8. The highest BCUT2D eigenvalue weighted by Crippen LogP contribution is 2.28. The van der Waals surface area contributed by atoms with Crippen LogP contribution >= 0.6 is 23.2 Å². The van der Waals surface area contributed by atoms with Gasteiger partial charge in [-0.2, -0.15) is 0 Å². The standard InChI is InChI=1S/C15H15Cl2N5/c16-11-3-1-4-12(17)10(11)7-22-9-21-13(5-2-6-18)14-15(22)20-8-19-14/h1,3-4,8-9H,2,5-7,18H2. The predicted octanol–water partition coefficient (Wildman–Crippen LogP) is 3.02. The first-order valence-electron chi connectivity index (χ1n) is 6.98. The lowest BCUT2D eigenvalue weighted by atomic mass is 10.1. The fourth-order valence-corrected chi connectivity index (χ4v) is 2.87. The summed E-state index contributed by atoms with van der Waals surface area (Å²) in [5.41, 5.74) is 8.13. The van der Waals surface area contributed by atoms with Gasteiger partial charge in [0.2, 0.25) is 0 Å². The summed E-state index contributed by atoms with van der Waals surface area (Å²) in [5.74, 6) is 0.776. The number of nitrogens with zero attached hydrogens (tertiary/aromatic N) is 4. The number of fused-ring (bicyclic) bond motifs is 1. The molecule has 114 valence electrons. The second-order valence-electron chi connectivity index (χ2n) is 4.96. The highest BCUT2D eigenvalue weighted by atomic mass is 35.5. The van der Waals surface area contributed by atoms with Crippen LogP contribution in [0.3, 0.4) is 0 Å². The molecule has 3 rings (SSSR count). The molecule has 0 unspecified atom stereocenters. The Morgan fingerprint density at radius 2 is 1.86 bits per heavy atom. The second-order valence-corrected chi connectivity index (χ2v) is 5.77. The molecule has 0 aliphatic carbocycles. The van der Waals surface area contributed by atoms with E-state index in [1.807, 2.05) is 22.8 Å². The Hall–Kier alpha value is -1.69. The molecular formula is C15H15Cl2N5. The molecule has 0 atom stereocenters. The third-order valence-corrected chi connectivity index (χ3v) is 4.19. The van der Waals surface area contributed by atoms with Crippen molar-refractivity contribution < 1.29 is 0 Å². The van der Waals surface area contributed by atoms with Crippen LogP contribution in [-0.4, -0.2) is 26.1 Å². The average Bonchev–Trinajstić information content (AvgIpc) is 3.00. The number of halogens is 2. The number of rotatable bonds is 5. The van der Waals surface area contributed by atoms with Crippen LogP contribution in [0, 0.1) is 0 Å². The van der Waals surface area contributed by atoms with Crippen LogP contribution in [0.4, 0.5) is 0 Å². The summed E-state index contributed by atoms with van der Waals surface area (Å²) in [6, 6.07) is 5.46. The third kappa shape index (κ3) is 2.92. The number of imidazole rings is 1. The Bertz CT molecular complexity index is 735. The smallest absolute Gasteiger partial charge is 0.163 e. The molecular weight excluding hydrogens is 321 g/mol. The Morgan fingerprint density at radius 1 is 1.09 bits per heavy atom. The van der Waals surface area contributed by atoms with Gasteiger partial charge in [-0.15, -0.1) is 0 Å². The first kappa shape index (κ1) is 15.2.